The molecule has 0 spiro atoms. The number of rotatable bonds is 8. The normalized spacial score (nSPS) is 17.2. The first-order valence-corrected chi connectivity index (χ1v) is 11.3. The van der Waals surface area contributed by atoms with Gasteiger partial charge in [-0.1, -0.05) is 36.4 Å². The van der Waals surface area contributed by atoms with E-state index in [1.807, 2.05) is 62.4 Å². The van der Waals surface area contributed by atoms with Gasteiger partial charge in [0.2, 0.25) is 0 Å². The molecule has 0 saturated carbocycles. The smallest absolute Gasteiger partial charge is 0.170 e. The third-order valence-electron chi connectivity index (χ3n) is 5.09. The Morgan fingerprint density at radius 1 is 1.00 bits per heavy atom. The van der Waals surface area contributed by atoms with Crippen molar-refractivity contribution in [3.8, 4) is 17.2 Å². The summed E-state index contributed by atoms with van der Waals surface area (Å²) in [7, 11) is 0. The minimum atomic E-state index is -0.537. The molecule has 0 radical (unpaired) electrons. The fourth-order valence-corrected chi connectivity index (χ4v) is 4.04. The van der Waals surface area contributed by atoms with Crippen LogP contribution in [0.4, 0.5) is 0 Å². The molecular weight excluding hydrogens is 472 g/mol. The fourth-order valence-electron chi connectivity index (χ4n) is 3.53. The lowest BCUT2D eigenvalue weighted by Gasteiger charge is -2.17. The van der Waals surface area contributed by atoms with Crippen molar-refractivity contribution in [2.45, 2.75) is 38.8 Å². The Balaban J connectivity index is 1.49. The van der Waals surface area contributed by atoms with Gasteiger partial charge in [0.05, 0.1) is 17.2 Å². The molecule has 0 aromatic heterocycles. The molecule has 1 unspecified atom stereocenters. The van der Waals surface area contributed by atoms with Crippen LogP contribution in [-0.2, 0) is 22.5 Å². The number of halogens is 1. The maximum absolute atomic E-state index is 11.3. The molecular formula is C26H25BrO5. The number of benzene rings is 3. The Bertz CT molecular complexity index is 1080. The van der Waals surface area contributed by atoms with Gasteiger partial charge in [-0.05, 0) is 71.2 Å². The van der Waals surface area contributed by atoms with Gasteiger partial charge in [0.25, 0.3) is 0 Å². The van der Waals surface area contributed by atoms with E-state index in [9.17, 15) is 4.79 Å². The van der Waals surface area contributed by atoms with Crippen molar-refractivity contribution in [3.63, 3.8) is 0 Å². The van der Waals surface area contributed by atoms with E-state index in [1.165, 1.54) is 0 Å². The van der Waals surface area contributed by atoms with Crippen LogP contribution in [0.1, 0.15) is 35.3 Å². The van der Waals surface area contributed by atoms with E-state index in [-0.39, 0.29) is 6.10 Å². The zero-order valence-corrected chi connectivity index (χ0v) is 19.6. The van der Waals surface area contributed by atoms with Crippen molar-refractivity contribution >= 4 is 22.2 Å². The van der Waals surface area contributed by atoms with Crippen molar-refractivity contribution in [2.24, 2.45) is 0 Å². The lowest BCUT2D eigenvalue weighted by Crippen LogP contribution is -2.22. The van der Waals surface area contributed by atoms with Crippen LogP contribution in [-0.4, -0.2) is 24.8 Å². The zero-order valence-electron chi connectivity index (χ0n) is 18.0. The third kappa shape index (κ3) is 5.76. The second kappa shape index (κ2) is 9.86. The number of hydrogen-bond donors (Lipinski definition) is 0. The van der Waals surface area contributed by atoms with E-state index < -0.39 is 5.79 Å². The predicted octanol–water partition coefficient (Wildman–Crippen LogP) is 6.33. The number of carbonyl (C=O) groups excluding carboxylic acids is 1. The number of aldehydes is 1. The van der Waals surface area contributed by atoms with Crippen LogP contribution in [0.3, 0.4) is 0 Å². The summed E-state index contributed by atoms with van der Waals surface area (Å²) in [6.45, 7) is 4.82. The highest BCUT2D eigenvalue weighted by Crippen LogP contribution is 2.37. The van der Waals surface area contributed by atoms with E-state index in [4.69, 9.17) is 18.9 Å². The molecule has 166 valence electrons. The average molecular weight is 497 g/mol. The van der Waals surface area contributed by atoms with Crippen LogP contribution in [0.5, 0.6) is 17.2 Å². The first-order chi connectivity index (χ1) is 15.4. The van der Waals surface area contributed by atoms with Crippen LogP contribution in [0.2, 0.25) is 0 Å². The summed E-state index contributed by atoms with van der Waals surface area (Å²) in [5, 5.41) is 0. The van der Waals surface area contributed by atoms with Gasteiger partial charge in [-0.2, -0.15) is 0 Å². The van der Waals surface area contributed by atoms with Crippen LogP contribution in [0.25, 0.3) is 0 Å². The van der Waals surface area contributed by atoms with Gasteiger partial charge in [0, 0.05) is 12.0 Å². The summed E-state index contributed by atoms with van der Waals surface area (Å²) in [6, 6.07) is 20.9. The van der Waals surface area contributed by atoms with Gasteiger partial charge in [0.15, 0.2) is 17.3 Å². The lowest BCUT2D eigenvalue weighted by atomic mass is 10.1. The van der Waals surface area contributed by atoms with Crippen molar-refractivity contribution < 1.29 is 23.7 Å². The molecule has 3 aromatic carbocycles. The summed E-state index contributed by atoms with van der Waals surface area (Å²) >= 11 is 3.60. The Hall–Kier alpha value is -2.67. The summed E-state index contributed by atoms with van der Waals surface area (Å²) in [4.78, 5) is 11.3. The highest BCUT2D eigenvalue weighted by atomic mass is 79.9. The maximum Gasteiger partial charge on any atom is 0.170 e. The Morgan fingerprint density at radius 3 is 2.47 bits per heavy atom. The van der Waals surface area contributed by atoms with E-state index in [2.05, 4.69) is 15.9 Å². The number of carbonyl (C=O) groups is 1. The molecule has 1 aliphatic heterocycles. The Kier molecular flexibility index (Phi) is 6.94. The quantitative estimate of drug-likeness (QED) is 0.341. The first-order valence-electron chi connectivity index (χ1n) is 10.5. The largest absolute Gasteiger partial charge is 0.485 e. The van der Waals surface area contributed by atoms with Crippen LogP contribution < -0.4 is 9.47 Å². The first kappa shape index (κ1) is 22.5. The molecule has 0 N–H and O–H groups in total. The Labute approximate surface area is 196 Å². The molecule has 1 saturated heterocycles. The topological polar surface area (TPSA) is 54.0 Å². The van der Waals surface area contributed by atoms with Gasteiger partial charge in [0.1, 0.15) is 18.6 Å². The lowest BCUT2D eigenvalue weighted by molar-refractivity contribution is -0.138. The molecule has 1 aliphatic rings. The molecule has 1 atom stereocenters. The maximum atomic E-state index is 11.3. The summed E-state index contributed by atoms with van der Waals surface area (Å²) in [5.41, 5.74) is 2.67. The molecule has 1 fully saturated rings. The van der Waals surface area contributed by atoms with Crippen molar-refractivity contribution in [3.05, 3.63) is 87.9 Å². The average Bonchev–Trinajstić information content (AvgIpc) is 3.13. The van der Waals surface area contributed by atoms with Gasteiger partial charge in [-0.3, -0.25) is 4.79 Å². The molecule has 6 heteroatoms. The Morgan fingerprint density at radius 2 is 1.78 bits per heavy atom. The minimum absolute atomic E-state index is 0.0194. The molecule has 5 nitrogen and oxygen atoms in total. The van der Waals surface area contributed by atoms with Crippen molar-refractivity contribution in [1.29, 1.82) is 0 Å². The molecule has 0 aliphatic carbocycles. The van der Waals surface area contributed by atoms with Gasteiger partial charge in [-0.15, -0.1) is 0 Å². The van der Waals surface area contributed by atoms with E-state index >= 15 is 0 Å². The van der Waals surface area contributed by atoms with Crippen LogP contribution in [0.15, 0.2) is 71.2 Å². The van der Waals surface area contributed by atoms with Gasteiger partial charge in [-0.25, -0.2) is 0 Å². The molecule has 4 rings (SSSR count). The van der Waals surface area contributed by atoms with Crippen molar-refractivity contribution in [1.82, 2.24) is 0 Å². The van der Waals surface area contributed by atoms with Crippen LogP contribution >= 0.6 is 15.9 Å². The van der Waals surface area contributed by atoms with Gasteiger partial charge < -0.3 is 18.9 Å². The SMILES string of the molecule is CC1(C)OCC(Cc2ccc(Oc3cc(C=O)ccc3OCc3ccccc3)c(Br)c2)O1. The number of ether oxygens (including phenoxy) is 4. The fraction of sp³-hybridized carbons (Fsp3) is 0.269. The van der Waals surface area contributed by atoms with E-state index in [0.717, 1.165) is 28.3 Å². The molecule has 0 amide bonds. The van der Waals surface area contributed by atoms with Crippen LogP contribution in [0, 0.1) is 0 Å². The summed E-state index contributed by atoms with van der Waals surface area (Å²) in [6.07, 6.45) is 1.55. The summed E-state index contributed by atoms with van der Waals surface area (Å²) < 4.78 is 24.5. The number of hydrogen-bond acceptors (Lipinski definition) is 5. The molecule has 1 heterocycles. The van der Waals surface area contributed by atoms with Crippen molar-refractivity contribution in [2.75, 3.05) is 6.61 Å². The van der Waals surface area contributed by atoms with E-state index in [1.54, 1.807) is 18.2 Å². The second-order valence-electron chi connectivity index (χ2n) is 8.12. The zero-order chi connectivity index (χ0) is 22.6. The summed E-state index contributed by atoms with van der Waals surface area (Å²) in [5.74, 6) is 1.14. The highest BCUT2D eigenvalue weighted by molar-refractivity contribution is 9.10. The van der Waals surface area contributed by atoms with Gasteiger partial charge >= 0.3 is 0 Å². The predicted molar refractivity (Wildman–Crippen MR) is 125 cm³/mol. The molecule has 0 bridgehead atoms. The minimum Gasteiger partial charge on any atom is -0.485 e. The standard InChI is InChI=1S/C26H25BrO5/c1-26(2)30-17-21(32-26)12-19-8-10-23(22(27)13-19)31-25-14-20(15-28)9-11-24(25)29-16-18-6-4-3-5-7-18/h3-11,13-15,21H,12,16-17H2,1-2H3. The molecule has 3 aromatic rings. The molecule has 32 heavy (non-hydrogen) atoms. The third-order valence-corrected chi connectivity index (χ3v) is 5.71. The van der Waals surface area contributed by atoms with E-state index in [0.29, 0.717) is 36.0 Å². The second-order valence-corrected chi connectivity index (χ2v) is 8.97. The highest BCUT2D eigenvalue weighted by Gasteiger charge is 2.32. The monoisotopic (exact) mass is 496 g/mol.